The van der Waals surface area contributed by atoms with Crippen LogP contribution in [0.2, 0.25) is 0 Å². The Labute approximate surface area is 131 Å². The van der Waals surface area contributed by atoms with Gasteiger partial charge < -0.3 is 4.74 Å². The molecule has 5 rings (SSSR count). The number of halogens is 1. The van der Waals surface area contributed by atoms with E-state index < -0.39 is 5.60 Å². The van der Waals surface area contributed by atoms with Crippen molar-refractivity contribution >= 4 is 27.7 Å². The van der Waals surface area contributed by atoms with Crippen molar-refractivity contribution in [1.82, 2.24) is 4.98 Å². The molecule has 4 bridgehead atoms. The fraction of sp³-hybridized carbons (Fsp3) is 0.562. The van der Waals surface area contributed by atoms with Crippen LogP contribution in [-0.4, -0.2) is 22.3 Å². The summed E-state index contributed by atoms with van der Waals surface area (Å²) in [6, 6.07) is 1.72. The van der Waals surface area contributed by atoms with Crippen molar-refractivity contribution in [1.29, 1.82) is 0 Å². The van der Waals surface area contributed by atoms with Crippen LogP contribution in [0, 0.1) is 17.8 Å². The highest BCUT2D eigenvalue weighted by Gasteiger charge is 2.57. The molecule has 0 radical (unpaired) electrons. The molecule has 0 aliphatic heterocycles. The largest absolute Gasteiger partial charge is 0.455 e. The van der Waals surface area contributed by atoms with Gasteiger partial charge in [-0.1, -0.05) is 0 Å². The number of carbonyl (C=O) groups excluding carboxylic acids is 2. The molecular weight excluding hydrogens is 334 g/mol. The van der Waals surface area contributed by atoms with Crippen LogP contribution in [0.15, 0.2) is 22.9 Å². The number of ether oxygens (including phenoxy) is 1. The molecule has 0 spiro atoms. The number of ketones is 1. The lowest BCUT2D eigenvalue weighted by atomic mass is 9.53. The summed E-state index contributed by atoms with van der Waals surface area (Å²) in [6.07, 6.45) is 7.50. The fourth-order valence-electron chi connectivity index (χ4n) is 4.58. The second kappa shape index (κ2) is 4.63. The molecule has 4 aliphatic carbocycles. The highest BCUT2D eigenvalue weighted by Crippen LogP contribution is 2.55. The van der Waals surface area contributed by atoms with Crippen LogP contribution in [-0.2, 0) is 9.53 Å². The van der Waals surface area contributed by atoms with Crippen molar-refractivity contribution < 1.29 is 14.3 Å². The molecule has 0 N–H and O–H groups in total. The summed E-state index contributed by atoms with van der Waals surface area (Å²) in [5, 5.41) is 0. The SMILES string of the molecule is O=C(OC12CC3CC(C1)C(=O)C(C3)C2)c1cncc(Br)c1. The zero-order chi connectivity index (χ0) is 14.6. The Kier molecular flexibility index (Phi) is 2.96. The molecule has 1 aromatic heterocycles. The normalized spacial score (nSPS) is 36.8. The number of hydrogen-bond acceptors (Lipinski definition) is 4. The topological polar surface area (TPSA) is 56.3 Å². The Morgan fingerprint density at radius 1 is 1.24 bits per heavy atom. The van der Waals surface area contributed by atoms with Crippen LogP contribution in [0.3, 0.4) is 0 Å². The number of Topliss-reactive ketones (excluding diaryl/α,β-unsaturated/α-hetero) is 1. The monoisotopic (exact) mass is 349 g/mol. The first-order valence-corrected chi connectivity index (χ1v) is 8.22. The molecule has 2 atom stereocenters. The highest BCUT2D eigenvalue weighted by molar-refractivity contribution is 9.10. The molecule has 5 heteroatoms. The smallest absolute Gasteiger partial charge is 0.340 e. The lowest BCUT2D eigenvalue weighted by Gasteiger charge is -2.54. The molecular formula is C16H16BrNO3. The molecule has 1 aromatic rings. The van der Waals surface area contributed by atoms with Gasteiger partial charge >= 0.3 is 5.97 Å². The van der Waals surface area contributed by atoms with Crippen molar-refractivity contribution in [3.63, 3.8) is 0 Å². The second-order valence-corrected chi connectivity index (χ2v) is 7.63. The number of esters is 1. The molecule has 21 heavy (non-hydrogen) atoms. The van der Waals surface area contributed by atoms with Gasteiger partial charge in [-0.15, -0.1) is 0 Å². The van der Waals surface area contributed by atoms with Gasteiger partial charge in [0.1, 0.15) is 11.4 Å². The molecule has 4 nitrogen and oxygen atoms in total. The van der Waals surface area contributed by atoms with E-state index in [0.29, 0.717) is 30.1 Å². The van der Waals surface area contributed by atoms with E-state index in [9.17, 15) is 9.59 Å². The molecule has 4 fully saturated rings. The summed E-state index contributed by atoms with van der Waals surface area (Å²) in [6.45, 7) is 0. The average molecular weight is 350 g/mol. The molecule has 1 heterocycles. The van der Waals surface area contributed by atoms with E-state index in [2.05, 4.69) is 20.9 Å². The third kappa shape index (κ3) is 2.22. The minimum Gasteiger partial charge on any atom is -0.455 e. The molecule has 0 aromatic carbocycles. The average Bonchev–Trinajstić information content (AvgIpc) is 2.43. The third-order valence-corrected chi connectivity index (χ3v) is 5.62. The zero-order valence-electron chi connectivity index (χ0n) is 11.5. The van der Waals surface area contributed by atoms with E-state index in [4.69, 9.17) is 4.74 Å². The predicted molar refractivity (Wildman–Crippen MR) is 78.6 cm³/mol. The van der Waals surface area contributed by atoms with Gasteiger partial charge in [0, 0.05) is 28.7 Å². The number of aromatic nitrogens is 1. The second-order valence-electron chi connectivity index (χ2n) is 6.71. The Morgan fingerprint density at radius 3 is 2.62 bits per heavy atom. The van der Waals surface area contributed by atoms with Crippen molar-refractivity contribution in [2.45, 2.75) is 37.7 Å². The molecule has 0 saturated heterocycles. The van der Waals surface area contributed by atoms with Crippen LogP contribution in [0.4, 0.5) is 0 Å². The molecule has 4 saturated carbocycles. The number of nitrogens with zero attached hydrogens (tertiary/aromatic N) is 1. The highest BCUT2D eigenvalue weighted by atomic mass is 79.9. The van der Waals surface area contributed by atoms with Gasteiger partial charge in [0.15, 0.2) is 0 Å². The summed E-state index contributed by atoms with van der Waals surface area (Å²) >= 11 is 3.32. The van der Waals surface area contributed by atoms with Crippen molar-refractivity contribution in [3.05, 3.63) is 28.5 Å². The summed E-state index contributed by atoms with van der Waals surface area (Å²) in [4.78, 5) is 28.6. The van der Waals surface area contributed by atoms with Crippen LogP contribution in [0.25, 0.3) is 0 Å². The molecule has 110 valence electrons. The Morgan fingerprint density at radius 2 is 1.95 bits per heavy atom. The van der Waals surface area contributed by atoms with Crippen LogP contribution < -0.4 is 0 Å². The lowest BCUT2D eigenvalue weighted by Crippen LogP contribution is -2.56. The molecule has 2 unspecified atom stereocenters. The van der Waals surface area contributed by atoms with Crippen molar-refractivity contribution in [3.8, 4) is 0 Å². The fourth-order valence-corrected chi connectivity index (χ4v) is 4.94. The van der Waals surface area contributed by atoms with Gasteiger partial charge in [-0.25, -0.2) is 4.79 Å². The number of carbonyl (C=O) groups is 2. The Hall–Kier alpha value is -1.23. The standard InChI is InChI=1S/C16H16BrNO3/c17-13-3-12(7-18-8-13)15(20)21-16-4-9-1-10(5-16)14(19)11(2-9)6-16/h3,7-11H,1-2,4-6H2. The number of pyridine rings is 1. The van der Waals surface area contributed by atoms with Gasteiger partial charge in [-0.3, -0.25) is 9.78 Å². The van der Waals surface area contributed by atoms with Crippen LogP contribution in [0.1, 0.15) is 42.5 Å². The van der Waals surface area contributed by atoms with E-state index in [1.165, 1.54) is 6.20 Å². The van der Waals surface area contributed by atoms with E-state index in [-0.39, 0.29) is 17.8 Å². The van der Waals surface area contributed by atoms with Gasteiger partial charge in [-0.2, -0.15) is 0 Å². The summed E-state index contributed by atoms with van der Waals surface area (Å²) in [5.41, 5.74) is 0.0514. The van der Waals surface area contributed by atoms with Gasteiger partial charge in [-0.05, 0) is 60.0 Å². The maximum Gasteiger partial charge on any atom is 0.340 e. The first kappa shape index (κ1) is 13.4. The maximum absolute atomic E-state index is 12.4. The van der Waals surface area contributed by atoms with Gasteiger partial charge in [0.25, 0.3) is 0 Å². The summed E-state index contributed by atoms with van der Waals surface area (Å²) in [5.74, 6) is 0.864. The van der Waals surface area contributed by atoms with E-state index in [1.54, 1.807) is 12.3 Å². The van der Waals surface area contributed by atoms with E-state index in [0.717, 1.165) is 23.7 Å². The number of hydrogen-bond donors (Lipinski definition) is 0. The molecule has 4 aliphatic rings. The zero-order valence-corrected chi connectivity index (χ0v) is 13.1. The third-order valence-electron chi connectivity index (χ3n) is 5.19. The first-order valence-electron chi connectivity index (χ1n) is 7.42. The Balaban J connectivity index is 1.57. The Bertz CT molecular complexity index is 612. The lowest BCUT2D eigenvalue weighted by molar-refractivity contribution is -0.162. The van der Waals surface area contributed by atoms with Gasteiger partial charge in [0.2, 0.25) is 0 Å². The predicted octanol–water partition coefficient (Wildman–Crippen LogP) is 3.15. The minimum atomic E-state index is -0.413. The van der Waals surface area contributed by atoms with Crippen molar-refractivity contribution in [2.24, 2.45) is 17.8 Å². The number of rotatable bonds is 2. The van der Waals surface area contributed by atoms with Crippen LogP contribution in [0.5, 0.6) is 0 Å². The van der Waals surface area contributed by atoms with Gasteiger partial charge in [0.05, 0.1) is 5.56 Å². The summed E-state index contributed by atoms with van der Waals surface area (Å²) in [7, 11) is 0. The summed E-state index contributed by atoms with van der Waals surface area (Å²) < 4.78 is 6.65. The minimum absolute atomic E-state index is 0.115. The molecule has 0 amide bonds. The van der Waals surface area contributed by atoms with Crippen molar-refractivity contribution in [2.75, 3.05) is 0 Å². The van der Waals surface area contributed by atoms with Crippen LogP contribution >= 0.6 is 15.9 Å². The van der Waals surface area contributed by atoms with E-state index >= 15 is 0 Å². The first-order chi connectivity index (χ1) is 10.0. The van der Waals surface area contributed by atoms with E-state index in [1.807, 2.05) is 0 Å². The quantitative estimate of drug-likeness (QED) is 0.769. The maximum atomic E-state index is 12.4.